The first kappa shape index (κ1) is 22.7. The number of thiazole rings is 1. The van der Waals surface area contributed by atoms with Gasteiger partial charge in [0.05, 0.1) is 23.4 Å². The van der Waals surface area contributed by atoms with Gasteiger partial charge in [-0.1, -0.05) is 29.3 Å². The molecule has 1 unspecified atom stereocenters. The number of ether oxygens (including phenoxy) is 1. The zero-order valence-electron chi connectivity index (χ0n) is 17.3. The summed E-state index contributed by atoms with van der Waals surface area (Å²) < 4.78 is 5.78. The molecule has 9 heteroatoms. The molecule has 4 rings (SSSR count). The van der Waals surface area contributed by atoms with E-state index in [1.165, 1.54) is 18.3 Å². The molecule has 1 N–H and O–H groups in total. The van der Waals surface area contributed by atoms with E-state index in [0.717, 1.165) is 18.4 Å². The first-order chi connectivity index (χ1) is 15.4. The molecule has 0 spiro atoms. The SMILES string of the molecule is CC(=O)Nc1cccc(C(=O)N(CC2CCCO2)c2nc(-c3ccc(Cl)cc3Cl)cs2)c1. The summed E-state index contributed by atoms with van der Waals surface area (Å²) in [6.07, 6.45) is 1.80. The number of anilines is 2. The standard InChI is InChI=1S/C23H21Cl2N3O3S/c1-14(29)26-17-5-2-4-15(10-17)22(30)28(12-18-6-3-9-31-18)23-27-21(13-32-23)19-8-7-16(24)11-20(19)25/h2,4-5,7-8,10-11,13,18H,3,6,9,12H2,1H3,(H,26,29). The van der Waals surface area contributed by atoms with E-state index in [1.54, 1.807) is 41.3 Å². The van der Waals surface area contributed by atoms with Gasteiger partial charge in [-0.3, -0.25) is 14.5 Å². The molecule has 2 heterocycles. The van der Waals surface area contributed by atoms with Crippen LogP contribution in [0.1, 0.15) is 30.1 Å². The zero-order chi connectivity index (χ0) is 22.7. The minimum atomic E-state index is -0.212. The molecule has 0 radical (unpaired) electrons. The molecule has 0 saturated carbocycles. The van der Waals surface area contributed by atoms with E-state index in [0.29, 0.717) is 45.3 Å². The van der Waals surface area contributed by atoms with Crippen molar-refractivity contribution < 1.29 is 14.3 Å². The second-order valence-corrected chi connectivity index (χ2v) is 9.13. The Kier molecular flexibility index (Phi) is 7.10. The molecule has 1 aliphatic rings. The second kappa shape index (κ2) is 10.0. The number of halogens is 2. The summed E-state index contributed by atoms with van der Waals surface area (Å²) in [5.74, 6) is -0.411. The molecule has 1 saturated heterocycles. The molecule has 0 bridgehead atoms. The normalized spacial score (nSPS) is 15.5. The van der Waals surface area contributed by atoms with Crippen molar-refractivity contribution in [2.75, 3.05) is 23.4 Å². The Morgan fingerprint density at radius 2 is 2.09 bits per heavy atom. The number of carbonyl (C=O) groups excluding carboxylic acids is 2. The molecule has 3 aromatic rings. The van der Waals surface area contributed by atoms with Crippen molar-refractivity contribution in [2.45, 2.75) is 25.9 Å². The summed E-state index contributed by atoms with van der Waals surface area (Å²) in [5, 5.41) is 6.18. The maximum Gasteiger partial charge on any atom is 0.260 e. The van der Waals surface area contributed by atoms with Gasteiger partial charge in [-0.05, 0) is 49.2 Å². The minimum absolute atomic E-state index is 0.0519. The smallest absolute Gasteiger partial charge is 0.260 e. The third kappa shape index (κ3) is 5.30. The number of benzene rings is 2. The van der Waals surface area contributed by atoms with Gasteiger partial charge < -0.3 is 10.1 Å². The zero-order valence-corrected chi connectivity index (χ0v) is 19.6. The molecule has 1 fully saturated rings. The molecule has 166 valence electrons. The van der Waals surface area contributed by atoms with Gasteiger partial charge >= 0.3 is 0 Å². The van der Waals surface area contributed by atoms with Crippen molar-refractivity contribution in [3.63, 3.8) is 0 Å². The van der Waals surface area contributed by atoms with Gasteiger partial charge in [0.15, 0.2) is 5.13 Å². The first-order valence-electron chi connectivity index (χ1n) is 10.1. The number of nitrogens with zero attached hydrogens (tertiary/aromatic N) is 2. The number of nitrogens with one attached hydrogen (secondary N) is 1. The van der Waals surface area contributed by atoms with E-state index in [4.69, 9.17) is 32.9 Å². The molecule has 6 nitrogen and oxygen atoms in total. The Labute approximate surface area is 200 Å². The molecule has 2 aromatic carbocycles. The molecule has 1 atom stereocenters. The van der Waals surface area contributed by atoms with Crippen LogP contribution in [0.2, 0.25) is 10.0 Å². The lowest BCUT2D eigenvalue weighted by atomic mass is 10.1. The lowest BCUT2D eigenvalue weighted by Gasteiger charge is -2.23. The highest BCUT2D eigenvalue weighted by atomic mass is 35.5. The highest BCUT2D eigenvalue weighted by Gasteiger charge is 2.27. The van der Waals surface area contributed by atoms with E-state index < -0.39 is 0 Å². The summed E-state index contributed by atoms with van der Waals surface area (Å²) in [4.78, 5) is 31.3. The van der Waals surface area contributed by atoms with Crippen LogP contribution < -0.4 is 10.2 Å². The van der Waals surface area contributed by atoms with E-state index in [-0.39, 0.29) is 17.9 Å². The molecule has 1 aliphatic heterocycles. The Bertz CT molecular complexity index is 1150. The van der Waals surface area contributed by atoms with Gasteiger partial charge in [-0.2, -0.15) is 0 Å². The second-order valence-electron chi connectivity index (χ2n) is 7.45. The first-order valence-corrected chi connectivity index (χ1v) is 11.8. The number of aromatic nitrogens is 1. The van der Waals surface area contributed by atoms with Crippen LogP contribution in [0.5, 0.6) is 0 Å². The average molecular weight is 490 g/mol. The molecular formula is C23H21Cl2N3O3S. The fourth-order valence-corrected chi connectivity index (χ4v) is 4.88. The van der Waals surface area contributed by atoms with Gasteiger partial charge in [-0.25, -0.2) is 4.98 Å². The minimum Gasteiger partial charge on any atom is -0.376 e. The number of amides is 2. The lowest BCUT2D eigenvalue weighted by Crippen LogP contribution is -2.37. The fraction of sp³-hybridized carbons (Fsp3) is 0.261. The largest absolute Gasteiger partial charge is 0.376 e. The highest BCUT2D eigenvalue weighted by Crippen LogP contribution is 2.34. The van der Waals surface area contributed by atoms with Crippen molar-refractivity contribution in [3.05, 3.63) is 63.5 Å². The summed E-state index contributed by atoms with van der Waals surface area (Å²) >= 11 is 13.7. The number of carbonyl (C=O) groups is 2. The highest BCUT2D eigenvalue weighted by molar-refractivity contribution is 7.14. The van der Waals surface area contributed by atoms with Crippen molar-refractivity contribution in [1.29, 1.82) is 0 Å². The van der Waals surface area contributed by atoms with Crippen LogP contribution in [-0.2, 0) is 9.53 Å². The number of hydrogen-bond donors (Lipinski definition) is 1. The Balaban J connectivity index is 1.66. The predicted octanol–water partition coefficient (Wildman–Crippen LogP) is 5.90. The fourth-order valence-electron chi connectivity index (χ4n) is 3.54. The van der Waals surface area contributed by atoms with Crippen molar-refractivity contribution in [3.8, 4) is 11.3 Å². The number of hydrogen-bond acceptors (Lipinski definition) is 5. The maximum atomic E-state index is 13.5. The lowest BCUT2D eigenvalue weighted by molar-refractivity contribution is -0.114. The number of rotatable bonds is 6. The van der Waals surface area contributed by atoms with Crippen LogP contribution >= 0.6 is 34.5 Å². The van der Waals surface area contributed by atoms with Gasteiger partial charge in [0.2, 0.25) is 5.91 Å². The van der Waals surface area contributed by atoms with Crippen molar-refractivity contribution >= 4 is 57.2 Å². The maximum absolute atomic E-state index is 13.5. The Morgan fingerprint density at radius 1 is 1.25 bits per heavy atom. The topological polar surface area (TPSA) is 71.5 Å². The summed E-state index contributed by atoms with van der Waals surface area (Å²) in [5.41, 5.74) is 2.43. The Hall–Kier alpha value is -2.45. The Morgan fingerprint density at radius 3 is 2.81 bits per heavy atom. The predicted molar refractivity (Wildman–Crippen MR) is 129 cm³/mol. The monoisotopic (exact) mass is 489 g/mol. The van der Waals surface area contributed by atoms with Crippen LogP contribution in [0.3, 0.4) is 0 Å². The molecule has 2 amide bonds. The van der Waals surface area contributed by atoms with Crippen LogP contribution in [0.15, 0.2) is 47.8 Å². The summed E-state index contributed by atoms with van der Waals surface area (Å²) in [6, 6.07) is 12.1. The van der Waals surface area contributed by atoms with E-state index in [9.17, 15) is 9.59 Å². The van der Waals surface area contributed by atoms with Crippen LogP contribution in [0.4, 0.5) is 10.8 Å². The third-order valence-electron chi connectivity index (χ3n) is 5.02. The van der Waals surface area contributed by atoms with Crippen LogP contribution in [-0.4, -0.2) is 36.1 Å². The molecule has 32 heavy (non-hydrogen) atoms. The summed E-state index contributed by atoms with van der Waals surface area (Å²) in [6.45, 7) is 2.51. The third-order valence-corrected chi connectivity index (χ3v) is 6.43. The van der Waals surface area contributed by atoms with Gasteiger partial charge in [0.1, 0.15) is 0 Å². The molecular weight excluding hydrogens is 469 g/mol. The van der Waals surface area contributed by atoms with E-state index in [2.05, 4.69) is 5.32 Å². The van der Waals surface area contributed by atoms with Crippen LogP contribution in [0.25, 0.3) is 11.3 Å². The molecule has 0 aliphatic carbocycles. The van der Waals surface area contributed by atoms with Crippen molar-refractivity contribution in [1.82, 2.24) is 4.98 Å². The van der Waals surface area contributed by atoms with E-state index in [1.807, 2.05) is 11.4 Å². The van der Waals surface area contributed by atoms with Gasteiger partial charge in [0, 0.05) is 40.7 Å². The molecule has 1 aromatic heterocycles. The van der Waals surface area contributed by atoms with Gasteiger partial charge in [0.25, 0.3) is 5.91 Å². The van der Waals surface area contributed by atoms with Crippen molar-refractivity contribution in [2.24, 2.45) is 0 Å². The summed E-state index contributed by atoms with van der Waals surface area (Å²) in [7, 11) is 0. The quantitative estimate of drug-likeness (QED) is 0.467. The average Bonchev–Trinajstić information content (AvgIpc) is 3.43. The van der Waals surface area contributed by atoms with Crippen LogP contribution in [0, 0.1) is 0 Å². The van der Waals surface area contributed by atoms with E-state index >= 15 is 0 Å². The van der Waals surface area contributed by atoms with Gasteiger partial charge in [-0.15, -0.1) is 11.3 Å².